The molecule has 0 aromatic heterocycles. The van der Waals surface area contributed by atoms with Gasteiger partial charge in [0.2, 0.25) is 11.8 Å². The zero-order chi connectivity index (χ0) is 17.5. The van der Waals surface area contributed by atoms with E-state index in [0.29, 0.717) is 32.7 Å². The minimum Gasteiger partial charge on any atom is -0.378 e. The number of carbonyl (C=O) groups is 2. The van der Waals surface area contributed by atoms with Crippen molar-refractivity contribution in [2.24, 2.45) is 0 Å². The first-order valence-corrected chi connectivity index (χ1v) is 8.36. The fraction of sp³-hybridized carbons (Fsp3) is 0.556. The molecule has 1 aliphatic heterocycles. The molecule has 1 N–H and O–H groups in total. The third-order valence-corrected chi connectivity index (χ3v) is 4.25. The lowest BCUT2D eigenvalue weighted by atomic mass is 10.0. The van der Waals surface area contributed by atoms with Gasteiger partial charge in [-0.1, -0.05) is 30.3 Å². The van der Waals surface area contributed by atoms with Gasteiger partial charge in [0.05, 0.1) is 19.3 Å². The summed E-state index contributed by atoms with van der Waals surface area (Å²) in [7, 11) is 3.75. The number of nitrogens with one attached hydrogen (secondary N) is 1. The van der Waals surface area contributed by atoms with Gasteiger partial charge in [0, 0.05) is 13.1 Å². The van der Waals surface area contributed by atoms with Crippen molar-refractivity contribution in [3.05, 3.63) is 35.9 Å². The number of hydrogen-bond donors (Lipinski definition) is 1. The Labute approximate surface area is 143 Å². The summed E-state index contributed by atoms with van der Waals surface area (Å²) in [5.41, 5.74) is 1.10. The Morgan fingerprint density at radius 1 is 1.21 bits per heavy atom. The minimum atomic E-state index is -0.533. The largest absolute Gasteiger partial charge is 0.378 e. The van der Waals surface area contributed by atoms with Gasteiger partial charge in [-0.2, -0.15) is 0 Å². The zero-order valence-electron chi connectivity index (χ0n) is 14.7. The summed E-state index contributed by atoms with van der Waals surface area (Å²) >= 11 is 0. The fourth-order valence-corrected chi connectivity index (χ4v) is 2.78. The lowest BCUT2D eigenvalue weighted by Gasteiger charge is -2.31. The van der Waals surface area contributed by atoms with Crippen LogP contribution in [0.2, 0.25) is 0 Å². The van der Waals surface area contributed by atoms with Crippen molar-refractivity contribution in [2.45, 2.75) is 25.4 Å². The molecule has 2 amide bonds. The van der Waals surface area contributed by atoms with Crippen molar-refractivity contribution < 1.29 is 14.3 Å². The maximum atomic E-state index is 12.6. The molecular formula is C18H27N3O3. The lowest BCUT2D eigenvalue weighted by molar-refractivity contribution is -0.140. The molecule has 0 bridgehead atoms. The third kappa shape index (κ3) is 5.04. The SMILES string of the molecule is CC(NC(=O)C(Cc1ccccc1)N(C)C)C(=O)N1CCOCC1. The van der Waals surface area contributed by atoms with E-state index in [0.717, 1.165) is 5.56 Å². The molecule has 1 fully saturated rings. The van der Waals surface area contributed by atoms with Crippen molar-refractivity contribution in [1.29, 1.82) is 0 Å². The van der Waals surface area contributed by atoms with Gasteiger partial charge in [-0.15, -0.1) is 0 Å². The zero-order valence-corrected chi connectivity index (χ0v) is 14.7. The Bertz CT molecular complexity index is 542. The molecule has 1 saturated heterocycles. The molecule has 2 rings (SSSR count). The molecule has 0 spiro atoms. The first-order valence-electron chi connectivity index (χ1n) is 8.36. The molecule has 0 radical (unpaired) electrons. The average Bonchev–Trinajstić information content (AvgIpc) is 2.60. The van der Waals surface area contributed by atoms with Crippen LogP contribution in [0, 0.1) is 0 Å². The van der Waals surface area contributed by atoms with Gasteiger partial charge in [0.15, 0.2) is 0 Å². The summed E-state index contributed by atoms with van der Waals surface area (Å²) in [5, 5.41) is 2.87. The first-order chi connectivity index (χ1) is 11.5. The predicted molar refractivity (Wildman–Crippen MR) is 92.6 cm³/mol. The fourth-order valence-electron chi connectivity index (χ4n) is 2.78. The summed E-state index contributed by atoms with van der Waals surface area (Å²) in [6.45, 7) is 4.02. The molecule has 24 heavy (non-hydrogen) atoms. The second kappa shape index (κ2) is 8.80. The molecule has 1 aromatic rings. The van der Waals surface area contributed by atoms with Crippen LogP contribution in [0.25, 0.3) is 0 Å². The molecule has 0 saturated carbocycles. The van der Waals surface area contributed by atoms with Crippen molar-refractivity contribution in [1.82, 2.24) is 15.1 Å². The molecular weight excluding hydrogens is 306 g/mol. The smallest absolute Gasteiger partial charge is 0.245 e. The van der Waals surface area contributed by atoms with E-state index in [1.54, 1.807) is 11.8 Å². The quantitative estimate of drug-likeness (QED) is 0.825. The van der Waals surface area contributed by atoms with Crippen LogP contribution < -0.4 is 5.32 Å². The number of rotatable bonds is 6. The Morgan fingerprint density at radius 3 is 2.42 bits per heavy atom. The number of nitrogens with zero attached hydrogens (tertiary/aromatic N) is 2. The van der Waals surface area contributed by atoms with E-state index in [1.165, 1.54) is 0 Å². The second-order valence-corrected chi connectivity index (χ2v) is 6.34. The molecule has 1 aromatic carbocycles. The van der Waals surface area contributed by atoms with Crippen molar-refractivity contribution in [3.63, 3.8) is 0 Å². The summed E-state index contributed by atoms with van der Waals surface area (Å²) in [6.07, 6.45) is 0.609. The molecule has 0 aliphatic carbocycles. The summed E-state index contributed by atoms with van der Waals surface area (Å²) < 4.78 is 5.26. The third-order valence-electron chi connectivity index (χ3n) is 4.25. The highest BCUT2D eigenvalue weighted by molar-refractivity contribution is 5.89. The van der Waals surface area contributed by atoms with Crippen LogP contribution in [-0.4, -0.2) is 74.1 Å². The van der Waals surface area contributed by atoms with Crippen LogP contribution in [0.4, 0.5) is 0 Å². The van der Waals surface area contributed by atoms with Crippen molar-refractivity contribution in [3.8, 4) is 0 Å². The van der Waals surface area contributed by atoms with Crippen molar-refractivity contribution >= 4 is 11.8 Å². The van der Waals surface area contributed by atoms with Crippen molar-refractivity contribution in [2.75, 3.05) is 40.4 Å². The van der Waals surface area contributed by atoms with Gasteiger partial charge >= 0.3 is 0 Å². The number of hydrogen-bond acceptors (Lipinski definition) is 4. The van der Waals surface area contributed by atoms with E-state index in [4.69, 9.17) is 4.74 Å². The summed E-state index contributed by atoms with van der Waals surface area (Å²) in [6, 6.07) is 9.05. The molecule has 1 aliphatic rings. The van der Waals surface area contributed by atoms with Gasteiger partial charge in [0.25, 0.3) is 0 Å². The van der Waals surface area contributed by atoms with Gasteiger partial charge in [-0.25, -0.2) is 0 Å². The summed E-state index contributed by atoms with van der Waals surface area (Å²) in [5.74, 6) is -0.179. The number of amides is 2. The van der Waals surface area contributed by atoms with Gasteiger partial charge in [-0.05, 0) is 33.0 Å². The summed E-state index contributed by atoms with van der Waals surface area (Å²) in [4.78, 5) is 28.7. The monoisotopic (exact) mass is 333 g/mol. The molecule has 132 valence electrons. The molecule has 2 atom stereocenters. The maximum Gasteiger partial charge on any atom is 0.245 e. The molecule has 1 heterocycles. The molecule has 6 nitrogen and oxygen atoms in total. The maximum absolute atomic E-state index is 12.6. The molecule has 6 heteroatoms. The number of morpholine rings is 1. The predicted octanol–water partition coefficient (Wildman–Crippen LogP) is 0.523. The Hall–Kier alpha value is -1.92. The Kier molecular flexibility index (Phi) is 6.75. The van der Waals surface area contributed by atoms with Gasteiger partial charge < -0.3 is 15.0 Å². The lowest BCUT2D eigenvalue weighted by Crippen LogP contribution is -2.54. The highest BCUT2D eigenvalue weighted by atomic mass is 16.5. The average molecular weight is 333 g/mol. The van der Waals surface area contributed by atoms with Crippen LogP contribution in [0.5, 0.6) is 0 Å². The Morgan fingerprint density at radius 2 is 1.83 bits per heavy atom. The van der Waals surface area contributed by atoms with E-state index >= 15 is 0 Å². The van der Waals surface area contributed by atoms with Crippen LogP contribution in [0.15, 0.2) is 30.3 Å². The van der Waals surface area contributed by atoms with E-state index in [1.807, 2.05) is 49.3 Å². The van der Waals surface area contributed by atoms with Crippen LogP contribution in [0.1, 0.15) is 12.5 Å². The van der Waals surface area contributed by atoms with Crippen LogP contribution in [-0.2, 0) is 20.7 Å². The van der Waals surface area contributed by atoms with Crippen LogP contribution >= 0.6 is 0 Å². The number of carbonyl (C=O) groups excluding carboxylic acids is 2. The van der Waals surface area contributed by atoms with Crippen LogP contribution in [0.3, 0.4) is 0 Å². The normalized spacial score (nSPS) is 17.4. The molecule has 2 unspecified atom stereocenters. The van der Waals surface area contributed by atoms with E-state index < -0.39 is 6.04 Å². The standard InChI is InChI=1S/C18H27N3O3/c1-14(18(23)21-9-11-24-12-10-21)19-17(22)16(20(2)3)13-15-7-5-4-6-8-15/h4-8,14,16H,9-13H2,1-3H3,(H,19,22). The highest BCUT2D eigenvalue weighted by Crippen LogP contribution is 2.08. The highest BCUT2D eigenvalue weighted by Gasteiger charge is 2.27. The second-order valence-electron chi connectivity index (χ2n) is 6.34. The number of benzene rings is 1. The van der Waals surface area contributed by atoms with Gasteiger partial charge in [-0.3, -0.25) is 14.5 Å². The van der Waals surface area contributed by atoms with E-state index in [-0.39, 0.29) is 17.9 Å². The van der Waals surface area contributed by atoms with E-state index in [2.05, 4.69) is 5.32 Å². The first kappa shape index (κ1) is 18.4. The Balaban J connectivity index is 1.95. The number of likely N-dealkylation sites (N-methyl/N-ethyl adjacent to an activating group) is 1. The minimum absolute atomic E-state index is 0.0520. The number of ether oxygens (including phenoxy) is 1. The van der Waals surface area contributed by atoms with E-state index in [9.17, 15) is 9.59 Å². The van der Waals surface area contributed by atoms with Gasteiger partial charge in [0.1, 0.15) is 6.04 Å². The topological polar surface area (TPSA) is 61.9 Å².